The number of nitrogens with one attached hydrogen (secondary N) is 1. The minimum absolute atomic E-state index is 0.688. The molecule has 0 aliphatic rings. The molecule has 0 heterocycles. The van der Waals surface area contributed by atoms with Crippen LogP contribution < -0.4 is 5.32 Å². The van der Waals surface area contributed by atoms with Crippen molar-refractivity contribution >= 4 is 17.3 Å². The molecular formula is C9H12ClN. The Morgan fingerprint density at radius 2 is 2.27 bits per heavy atom. The predicted octanol–water partition coefficient (Wildman–Crippen LogP) is 2.51. The molecule has 0 saturated heterocycles. The van der Waals surface area contributed by atoms with Crippen LogP contribution in [0.15, 0.2) is 24.3 Å². The Labute approximate surface area is 72.4 Å². The molecule has 0 aliphatic heterocycles. The Morgan fingerprint density at radius 3 is 2.91 bits per heavy atom. The van der Waals surface area contributed by atoms with Crippen molar-refractivity contribution in [3.63, 3.8) is 0 Å². The van der Waals surface area contributed by atoms with E-state index in [0.29, 0.717) is 5.88 Å². The van der Waals surface area contributed by atoms with Crippen LogP contribution in [0.1, 0.15) is 5.56 Å². The van der Waals surface area contributed by atoms with Gasteiger partial charge in [0.2, 0.25) is 0 Å². The van der Waals surface area contributed by atoms with E-state index in [-0.39, 0.29) is 0 Å². The summed E-state index contributed by atoms with van der Waals surface area (Å²) in [5.74, 6) is 0.688. The standard InChI is InChI=1S/C9H12ClN/c1-11-9-4-2-3-8(7-9)5-6-10/h2-4,7,11H,5-6H2,1H3. The minimum Gasteiger partial charge on any atom is -0.388 e. The highest BCUT2D eigenvalue weighted by Gasteiger charge is 1.91. The number of aryl methyl sites for hydroxylation is 1. The number of rotatable bonds is 3. The lowest BCUT2D eigenvalue weighted by atomic mass is 10.1. The van der Waals surface area contributed by atoms with E-state index in [1.807, 2.05) is 19.2 Å². The number of hydrogen-bond donors (Lipinski definition) is 1. The molecule has 60 valence electrons. The zero-order valence-corrected chi connectivity index (χ0v) is 7.36. The Hall–Kier alpha value is -0.690. The normalized spacial score (nSPS) is 9.64. The number of benzene rings is 1. The van der Waals surface area contributed by atoms with E-state index in [1.54, 1.807) is 0 Å². The zero-order valence-electron chi connectivity index (χ0n) is 6.60. The van der Waals surface area contributed by atoms with Gasteiger partial charge in [-0.25, -0.2) is 0 Å². The lowest BCUT2D eigenvalue weighted by molar-refractivity contribution is 1.15. The Morgan fingerprint density at radius 1 is 1.45 bits per heavy atom. The topological polar surface area (TPSA) is 12.0 Å². The molecule has 1 aromatic carbocycles. The molecule has 0 spiro atoms. The number of halogens is 1. The SMILES string of the molecule is CNc1cccc(CCCl)c1. The van der Waals surface area contributed by atoms with Crippen LogP contribution in [0, 0.1) is 0 Å². The fraction of sp³-hybridized carbons (Fsp3) is 0.333. The highest BCUT2D eigenvalue weighted by atomic mass is 35.5. The first kappa shape index (κ1) is 8.41. The second-order valence-electron chi connectivity index (χ2n) is 2.39. The van der Waals surface area contributed by atoms with Crippen molar-refractivity contribution in [2.45, 2.75) is 6.42 Å². The van der Waals surface area contributed by atoms with Crippen LogP contribution in [0.3, 0.4) is 0 Å². The van der Waals surface area contributed by atoms with Crippen LogP contribution in [-0.2, 0) is 6.42 Å². The van der Waals surface area contributed by atoms with Crippen molar-refractivity contribution < 1.29 is 0 Å². The van der Waals surface area contributed by atoms with E-state index >= 15 is 0 Å². The summed E-state index contributed by atoms with van der Waals surface area (Å²) < 4.78 is 0. The van der Waals surface area contributed by atoms with Crippen molar-refractivity contribution in [3.8, 4) is 0 Å². The molecule has 0 fully saturated rings. The summed E-state index contributed by atoms with van der Waals surface area (Å²) >= 11 is 5.61. The van der Waals surface area contributed by atoms with Crippen LogP contribution in [0.2, 0.25) is 0 Å². The third kappa shape index (κ3) is 2.43. The summed E-state index contributed by atoms with van der Waals surface area (Å²) in [6.45, 7) is 0. The fourth-order valence-electron chi connectivity index (χ4n) is 0.991. The maximum absolute atomic E-state index is 5.61. The summed E-state index contributed by atoms with van der Waals surface area (Å²) in [5.41, 5.74) is 2.43. The van der Waals surface area contributed by atoms with Gasteiger partial charge >= 0.3 is 0 Å². The summed E-state index contributed by atoms with van der Waals surface area (Å²) in [6.07, 6.45) is 0.942. The smallest absolute Gasteiger partial charge is 0.0340 e. The third-order valence-corrected chi connectivity index (χ3v) is 1.79. The van der Waals surface area contributed by atoms with Crippen LogP contribution in [0.5, 0.6) is 0 Å². The molecule has 0 unspecified atom stereocenters. The molecule has 1 aromatic rings. The molecule has 0 bridgehead atoms. The first-order chi connectivity index (χ1) is 5.36. The lowest BCUT2D eigenvalue weighted by Gasteiger charge is -2.01. The van der Waals surface area contributed by atoms with Crippen LogP contribution in [-0.4, -0.2) is 12.9 Å². The number of hydrogen-bond acceptors (Lipinski definition) is 1. The van der Waals surface area contributed by atoms with Gasteiger partial charge in [-0.2, -0.15) is 0 Å². The van der Waals surface area contributed by atoms with Crippen LogP contribution in [0.25, 0.3) is 0 Å². The Balaban J connectivity index is 2.74. The fourth-order valence-corrected chi connectivity index (χ4v) is 1.21. The Bertz CT molecular complexity index is 223. The third-order valence-electron chi connectivity index (χ3n) is 1.60. The van der Waals surface area contributed by atoms with Crippen molar-refractivity contribution in [1.82, 2.24) is 0 Å². The highest BCUT2D eigenvalue weighted by Crippen LogP contribution is 2.10. The van der Waals surface area contributed by atoms with Crippen molar-refractivity contribution in [2.24, 2.45) is 0 Å². The summed E-state index contributed by atoms with van der Waals surface area (Å²) in [7, 11) is 1.92. The van der Waals surface area contributed by atoms with E-state index in [2.05, 4.69) is 17.4 Å². The van der Waals surface area contributed by atoms with Gasteiger partial charge in [-0.05, 0) is 24.1 Å². The van der Waals surface area contributed by atoms with E-state index in [4.69, 9.17) is 11.6 Å². The van der Waals surface area contributed by atoms with Crippen LogP contribution in [0.4, 0.5) is 5.69 Å². The molecule has 1 N–H and O–H groups in total. The second-order valence-corrected chi connectivity index (χ2v) is 2.77. The summed E-state index contributed by atoms with van der Waals surface area (Å²) in [6, 6.07) is 8.27. The molecule has 11 heavy (non-hydrogen) atoms. The van der Waals surface area contributed by atoms with Gasteiger partial charge in [-0.15, -0.1) is 11.6 Å². The van der Waals surface area contributed by atoms with Crippen molar-refractivity contribution in [3.05, 3.63) is 29.8 Å². The lowest BCUT2D eigenvalue weighted by Crippen LogP contribution is -1.90. The van der Waals surface area contributed by atoms with Crippen molar-refractivity contribution in [1.29, 1.82) is 0 Å². The molecule has 0 radical (unpaired) electrons. The van der Waals surface area contributed by atoms with Gasteiger partial charge in [0.05, 0.1) is 0 Å². The molecule has 0 amide bonds. The van der Waals surface area contributed by atoms with Gasteiger partial charge in [-0.1, -0.05) is 12.1 Å². The highest BCUT2D eigenvalue weighted by molar-refractivity contribution is 6.17. The van der Waals surface area contributed by atoms with E-state index in [0.717, 1.165) is 12.1 Å². The summed E-state index contributed by atoms with van der Waals surface area (Å²) in [4.78, 5) is 0. The molecule has 1 nitrogen and oxygen atoms in total. The quantitative estimate of drug-likeness (QED) is 0.686. The Kier molecular flexibility index (Phi) is 3.24. The average molecular weight is 170 g/mol. The first-order valence-corrected chi connectivity index (χ1v) is 4.23. The van der Waals surface area contributed by atoms with Gasteiger partial charge < -0.3 is 5.32 Å². The number of alkyl halides is 1. The molecule has 0 saturated carbocycles. The van der Waals surface area contributed by atoms with Gasteiger partial charge in [-0.3, -0.25) is 0 Å². The molecule has 0 aliphatic carbocycles. The molecule has 2 heteroatoms. The first-order valence-electron chi connectivity index (χ1n) is 3.69. The molecule has 0 atom stereocenters. The van der Waals surface area contributed by atoms with Crippen LogP contribution >= 0.6 is 11.6 Å². The zero-order chi connectivity index (χ0) is 8.10. The number of anilines is 1. The molecule has 1 rings (SSSR count). The largest absolute Gasteiger partial charge is 0.388 e. The maximum Gasteiger partial charge on any atom is 0.0340 e. The van der Waals surface area contributed by atoms with E-state index < -0.39 is 0 Å². The maximum atomic E-state index is 5.61. The predicted molar refractivity (Wildman–Crippen MR) is 50.4 cm³/mol. The van der Waals surface area contributed by atoms with Gasteiger partial charge in [0.1, 0.15) is 0 Å². The second kappa shape index (κ2) is 4.24. The summed E-state index contributed by atoms with van der Waals surface area (Å²) in [5, 5.41) is 3.08. The van der Waals surface area contributed by atoms with Crippen molar-refractivity contribution in [2.75, 3.05) is 18.2 Å². The van der Waals surface area contributed by atoms with Gasteiger partial charge in [0.25, 0.3) is 0 Å². The molecular weight excluding hydrogens is 158 g/mol. The molecule has 0 aromatic heterocycles. The monoisotopic (exact) mass is 169 g/mol. The van der Waals surface area contributed by atoms with E-state index in [9.17, 15) is 0 Å². The van der Waals surface area contributed by atoms with E-state index in [1.165, 1.54) is 5.56 Å². The van der Waals surface area contributed by atoms with Gasteiger partial charge in [0.15, 0.2) is 0 Å². The minimum atomic E-state index is 0.688. The van der Waals surface area contributed by atoms with Gasteiger partial charge in [0, 0.05) is 18.6 Å². The average Bonchev–Trinajstić information content (AvgIpc) is 2.06.